The molecule has 0 spiro atoms. The van der Waals surface area contributed by atoms with Crippen molar-refractivity contribution < 1.29 is 4.79 Å². The highest BCUT2D eigenvalue weighted by molar-refractivity contribution is 6.05. The first-order chi connectivity index (χ1) is 10.6. The van der Waals surface area contributed by atoms with Crippen LogP contribution in [0.5, 0.6) is 0 Å². The number of anilines is 1. The maximum atomic E-state index is 12.1. The third-order valence-electron chi connectivity index (χ3n) is 3.20. The summed E-state index contributed by atoms with van der Waals surface area (Å²) in [5.74, 6) is -0.189. The Hall–Kier alpha value is -3.23. The first-order valence-electron chi connectivity index (χ1n) is 6.53. The number of carbonyl (C=O) groups excluding carboxylic acids is 1. The molecule has 3 rings (SSSR count). The van der Waals surface area contributed by atoms with Crippen LogP contribution in [-0.4, -0.2) is 30.6 Å². The van der Waals surface area contributed by atoms with Crippen molar-refractivity contribution in [2.75, 3.05) is 5.32 Å². The van der Waals surface area contributed by atoms with Crippen molar-refractivity contribution in [3.63, 3.8) is 0 Å². The number of aromatic nitrogens is 5. The molecule has 0 aliphatic rings. The Morgan fingerprint density at radius 3 is 2.86 bits per heavy atom. The van der Waals surface area contributed by atoms with Gasteiger partial charge in [0.15, 0.2) is 0 Å². The minimum absolute atomic E-state index is 0.220. The van der Waals surface area contributed by atoms with Crippen molar-refractivity contribution in [2.24, 2.45) is 0 Å². The fourth-order valence-electron chi connectivity index (χ4n) is 2.18. The zero-order valence-electron chi connectivity index (χ0n) is 11.6. The standard InChI is InChI=1S/C13H12N6O3/c1-2-19-9-4-3-7(5-8(9)16-11(21)12(19)22)10(20)17-13-14-6-15-18-13/h3-6H,2H2,1H3,(H,16,21)(H2,14,15,17,18,20). The average molecular weight is 300 g/mol. The van der Waals surface area contributed by atoms with Crippen LogP contribution in [0.2, 0.25) is 0 Å². The Kier molecular flexibility index (Phi) is 3.30. The maximum absolute atomic E-state index is 12.1. The van der Waals surface area contributed by atoms with Gasteiger partial charge in [-0.2, -0.15) is 10.1 Å². The van der Waals surface area contributed by atoms with Gasteiger partial charge in [-0.1, -0.05) is 0 Å². The fraction of sp³-hybridized carbons (Fsp3) is 0.154. The molecule has 3 N–H and O–H groups in total. The van der Waals surface area contributed by atoms with Gasteiger partial charge in [0, 0.05) is 12.1 Å². The van der Waals surface area contributed by atoms with Gasteiger partial charge in [-0.3, -0.25) is 19.7 Å². The van der Waals surface area contributed by atoms with Crippen molar-refractivity contribution in [1.82, 2.24) is 24.7 Å². The molecule has 0 saturated heterocycles. The molecule has 3 aromatic rings. The molecule has 2 heterocycles. The van der Waals surface area contributed by atoms with E-state index in [-0.39, 0.29) is 5.95 Å². The van der Waals surface area contributed by atoms with Crippen molar-refractivity contribution in [3.8, 4) is 0 Å². The molecule has 0 atom stereocenters. The Labute approximate surface area is 123 Å². The number of nitrogens with zero attached hydrogens (tertiary/aromatic N) is 3. The zero-order valence-corrected chi connectivity index (χ0v) is 11.6. The second kappa shape index (κ2) is 5.28. The number of fused-ring (bicyclic) bond motifs is 1. The Morgan fingerprint density at radius 2 is 2.18 bits per heavy atom. The van der Waals surface area contributed by atoms with E-state index in [1.54, 1.807) is 19.1 Å². The van der Waals surface area contributed by atoms with Crippen molar-refractivity contribution >= 4 is 22.9 Å². The molecule has 0 aliphatic carbocycles. The SMILES string of the molecule is CCn1c(=O)c(=O)[nH]c2cc(C(=O)Nc3ncn[nH]3)ccc21. The van der Waals surface area contributed by atoms with E-state index >= 15 is 0 Å². The smallest absolute Gasteiger partial charge is 0.316 e. The number of aromatic amines is 2. The summed E-state index contributed by atoms with van der Waals surface area (Å²) in [5, 5.41) is 8.67. The molecule has 0 bridgehead atoms. The van der Waals surface area contributed by atoms with Gasteiger partial charge in [-0.15, -0.1) is 0 Å². The number of carbonyl (C=O) groups is 1. The third kappa shape index (κ3) is 2.28. The molecule has 0 radical (unpaired) electrons. The summed E-state index contributed by atoms with van der Waals surface area (Å²) in [4.78, 5) is 41.8. The number of rotatable bonds is 3. The predicted octanol–water partition coefficient (Wildman–Crippen LogP) is 0.0801. The lowest BCUT2D eigenvalue weighted by molar-refractivity contribution is 0.102. The first-order valence-corrected chi connectivity index (χ1v) is 6.53. The normalized spacial score (nSPS) is 10.8. The van der Waals surface area contributed by atoms with E-state index in [2.05, 4.69) is 25.5 Å². The largest absolute Gasteiger partial charge is 0.316 e. The molecule has 0 fully saturated rings. The minimum Gasteiger partial charge on any atom is -0.316 e. The summed E-state index contributed by atoms with van der Waals surface area (Å²) < 4.78 is 1.35. The molecule has 1 amide bonds. The van der Waals surface area contributed by atoms with Gasteiger partial charge >= 0.3 is 11.1 Å². The highest BCUT2D eigenvalue weighted by atomic mass is 16.2. The summed E-state index contributed by atoms with van der Waals surface area (Å²) in [6.45, 7) is 2.13. The van der Waals surface area contributed by atoms with Crippen LogP contribution in [0.4, 0.5) is 5.95 Å². The molecule has 112 valence electrons. The Morgan fingerprint density at radius 1 is 1.36 bits per heavy atom. The molecule has 2 aromatic heterocycles. The van der Waals surface area contributed by atoms with Gasteiger partial charge in [0.05, 0.1) is 11.0 Å². The third-order valence-corrected chi connectivity index (χ3v) is 3.20. The number of benzene rings is 1. The van der Waals surface area contributed by atoms with E-state index < -0.39 is 17.0 Å². The van der Waals surface area contributed by atoms with Crippen LogP contribution in [0.25, 0.3) is 11.0 Å². The molecule has 1 aromatic carbocycles. The highest BCUT2D eigenvalue weighted by Crippen LogP contribution is 2.12. The molecule has 0 unspecified atom stereocenters. The molecular formula is C13H12N6O3. The van der Waals surface area contributed by atoms with Gasteiger partial charge in [0.2, 0.25) is 5.95 Å². The molecule has 9 heteroatoms. The van der Waals surface area contributed by atoms with Gasteiger partial charge < -0.3 is 9.55 Å². The van der Waals surface area contributed by atoms with Crippen molar-refractivity contribution in [2.45, 2.75) is 13.5 Å². The number of aryl methyl sites for hydroxylation is 1. The van der Waals surface area contributed by atoms with Gasteiger partial charge in [-0.05, 0) is 25.1 Å². The maximum Gasteiger partial charge on any atom is 0.316 e. The van der Waals surface area contributed by atoms with E-state index in [9.17, 15) is 14.4 Å². The average Bonchev–Trinajstić information content (AvgIpc) is 3.01. The first kappa shape index (κ1) is 13.7. The second-order valence-electron chi connectivity index (χ2n) is 4.52. The monoisotopic (exact) mass is 300 g/mol. The molecular weight excluding hydrogens is 288 g/mol. The molecule has 0 saturated carbocycles. The highest BCUT2D eigenvalue weighted by Gasteiger charge is 2.11. The van der Waals surface area contributed by atoms with Crippen LogP contribution < -0.4 is 16.4 Å². The lowest BCUT2D eigenvalue weighted by Gasteiger charge is -2.08. The lowest BCUT2D eigenvalue weighted by atomic mass is 10.1. The van der Waals surface area contributed by atoms with Crippen LogP contribution in [-0.2, 0) is 6.54 Å². The zero-order chi connectivity index (χ0) is 15.7. The topological polar surface area (TPSA) is 126 Å². The van der Waals surface area contributed by atoms with Crippen LogP contribution in [0, 0.1) is 0 Å². The van der Waals surface area contributed by atoms with E-state index in [4.69, 9.17) is 0 Å². The minimum atomic E-state index is -0.720. The number of amides is 1. The van der Waals surface area contributed by atoms with Gasteiger partial charge in [0.25, 0.3) is 5.91 Å². The molecule has 22 heavy (non-hydrogen) atoms. The summed E-state index contributed by atoms with van der Waals surface area (Å²) in [6, 6.07) is 4.69. The molecule has 0 aliphatic heterocycles. The summed E-state index contributed by atoms with van der Waals surface area (Å²) in [7, 11) is 0. The summed E-state index contributed by atoms with van der Waals surface area (Å²) in [6.07, 6.45) is 1.27. The second-order valence-corrected chi connectivity index (χ2v) is 4.52. The quantitative estimate of drug-likeness (QED) is 0.591. The van der Waals surface area contributed by atoms with E-state index in [1.165, 1.54) is 17.0 Å². The number of hydrogen-bond acceptors (Lipinski definition) is 5. The summed E-state index contributed by atoms with van der Waals surface area (Å²) >= 11 is 0. The Balaban J connectivity index is 2.07. The van der Waals surface area contributed by atoms with Crippen LogP contribution in [0.15, 0.2) is 34.1 Å². The van der Waals surface area contributed by atoms with Crippen molar-refractivity contribution in [3.05, 3.63) is 50.8 Å². The number of hydrogen-bond donors (Lipinski definition) is 3. The fourth-order valence-corrected chi connectivity index (χ4v) is 2.18. The van der Waals surface area contributed by atoms with Gasteiger partial charge in [0.1, 0.15) is 6.33 Å². The van der Waals surface area contributed by atoms with Crippen LogP contribution >= 0.6 is 0 Å². The van der Waals surface area contributed by atoms with Crippen LogP contribution in [0.1, 0.15) is 17.3 Å². The predicted molar refractivity (Wildman–Crippen MR) is 78.8 cm³/mol. The lowest BCUT2D eigenvalue weighted by Crippen LogP contribution is -2.36. The van der Waals surface area contributed by atoms with Crippen LogP contribution in [0.3, 0.4) is 0 Å². The molecule has 9 nitrogen and oxygen atoms in total. The van der Waals surface area contributed by atoms with Crippen molar-refractivity contribution in [1.29, 1.82) is 0 Å². The number of nitrogens with one attached hydrogen (secondary N) is 3. The summed E-state index contributed by atoms with van der Waals surface area (Å²) in [5.41, 5.74) is -0.0446. The number of H-pyrrole nitrogens is 2. The Bertz CT molecular complexity index is 954. The van der Waals surface area contributed by atoms with Gasteiger partial charge in [-0.25, -0.2) is 5.10 Å². The van der Waals surface area contributed by atoms with E-state index in [0.29, 0.717) is 23.1 Å². The van der Waals surface area contributed by atoms with E-state index in [1.807, 2.05) is 0 Å². The van der Waals surface area contributed by atoms with E-state index in [0.717, 1.165) is 0 Å².